The monoisotopic (exact) mass is 393 g/mol. The Balaban J connectivity index is 1.40. The number of nitrogens with zero attached hydrogens (tertiary/aromatic N) is 1. The average Bonchev–Trinajstić information content (AvgIpc) is 3.34. The molecule has 1 saturated heterocycles. The summed E-state index contributed by atoms with van der Waals surface area (Å²) >= 11 is 3.76. The van der Waals surface area contributed by atoms with Gasteiger partial charge in [0.2, 0.25) is 0 Å². The fourth-order valence-corrected chi connectivity index (χ4v) is 6.24. The highest BCUT2D eigenvalue weighted by Gasteiger charge is 2.22. The zero-order chi connectivity index (χ0) is 18.1. The van der Waals surface area contributed by atoms with E-state index in [0.29, 0.717) is 6.61 Å². The predicted molar refractivity (Wildman–Crippen MR) is 115 cm³/mol. The van der Waals surface area contributed by atoms with Crippen LogP contribution in [-0.2, 0) is 11.3 Å². The molecule has 1 fully saturated rings. The average molecular weight is 394 g/mol. The number of hydrogen-bond donors (Lipinski definition) is 0. The van der Waals surface area contributed by atoms with Crippen LogP contribution in [0.3, 0.4) is 0 Å². The van der Waals surface area contributed by atoms with Gasteiger partial charge < -0.3 is 9.64 Å². The lowest BCUT2D eigenvalue weighted by atomic mass is 10.0. The van der Waals surface area contributed by atoms with E-state index in [2.05, 4.69) is 59.5 Å². The Hall–Kier alpha value is -1.59. The Morgan fingerprint density at radius 1 is 0.852 bits per heavy atom. The zero-order valence-corrected chi connectivity index (χ0v) is 17.0. The molecule has 0 amide bonds. The summed E-state index contributed by atoms with van der Waals surface area (Å²) in [7, 11) is 0. The molecule has 4 heteroatoms. The zero-order valence-electron chi connectivity index (χ0n) is 15.3. The third kappa shape index (κ3) is 3.59. The van der Waals surface area contributed by atoms with Gasteiger partial charge in [-0.15, -0.1) is 11.3 Å². The van der Waals surface area contributed by atoms with Gasteiger partial charge in [0.25, 0.3) is 0 Å². The molecule has 0 bridgehead atoms. The molecule has 0 atom stereocenters. The predicted octanol–water partition coefficient (Wildman–Crippen LogP) is 6.16. The van der Waals surface area contributed by atoms with Gasteiger partial charge in [-0.05, 0) is 49.7 Å². The van der Waals surface area contributed by atoms with Crippen LogP contribution in [-0.4, -0.2) is 31.1 Å². The smallest absolute Gasteiger partial charge is 0.0810 e. The second kappa shape index (κ2) is 7.80. The largest absolute Gasteiger partial charge is 0.375 e. The maximum atomic E-state index is 6.03. The fourth-order valence-electron chi connectivity index (χ4n) is 3.93. The van der Waals surface area contributed by atoms with Gasteiger partial charge >= 0.3 is 0 Å². The second-order valence-corrected chi connectivity index (χ2v) is 9.37. The van der Waals surface area contributed by atoms with E-state index in [1.807, 2.05) is 23.1 Å². The van der Waals surface area contributed by atoms with E-state index in [4.69, 9.17) is 4.74 Å². The first-order valence-corrected chi connectivity index (χ1v) is 11.3. The Bertz CT molecular complexity index is 880. The first-order chi connectivity index (χ1) is 13.4. The first kappa shape index (κ1) is 17.5. The van der Waals surface area contributed by atoms with Gasteiger partial charge in [0, 0.05) is 37.2 Å². The molecule has 3 heterocycles. The minimum absolute atomic E-state index is 0.711. The van der Waals surface area contributed by atoms with Crippen LogP contribution >= 0.6 is 23.1 Å². The van der Waals surface area contributed by atoms with E-state index >= 15 is 0 Å². The lowest BCUT2D eigenvalue weighted by Crippen LogP contribution is -2.23. The fraction of sp³-hybridized carbons (Fsp3) is 0.304. The molecule has 0 aliphatic carbocycles. The standard InChI is InChI=1S/C23H23NOS2/c1-3-9-21-18(7-1)20-15-17(16-25-14-13-24-11-5-6-12-24)26-23(20)19-8-2-4-10-22(19)27-21/h1-4,7-10,15H,5-6,11-14,16H2. The number of hydrogen-bond acceptors (Lipinski definition) is 4. The number of rotatable bonds is 5. The van der Waals surface area contributed by atoms with Crippen molar-refractivity contribution in [3.05, 3.63) is 59.5 Å². The summed E-state index contributed by atoms with van der Waals surface area (Å²) in [4.78, 5) is 7.88. The summed E-state index contributed by atoms with van der Waals surface area (Å²) in [5.41, 5.74) is 4.04. The third-order valence-corrected chi connectivity index (χ3v) is 7.60. The number of benzene rings is 2. The quantitative estimate of drug-likeness (QED) is 0.377. The van der Waals surface area contributed by atoms with E-state index in [-0.39, 0.29) is 0 Å². The molecule has 2 aliphatic heterocycles. The van der Waals surface area contributed by atoms with Crippen molar-refractivity contribution in [2.75, 3.05) is 26.2 Å². The van der Waals surface area contributed by atoms with Crippen molar-refractivity contribution in [3.63, 3.8) is 0 Å². The summed E-state index contributed by atoms with van der Waals surface area (Å²) in [6.07, 6.45) is 2.68. The highest BCUT2D eigenvalue weighted by Crippen LogP contribution is 2.50. The van der Waals surface area contributed by atoms with E-state index in [9.17, 15) is 0 Å². The van der Waals surface area contributed by atoms with Crippen LogP contribution in [0.1, 0.15) is 17.7 Å². The normalized spacial score (nSPS) is 15.9. The Morgan fingerprint density at radius 3 is 2.37 bits per heavy atom. The molecule has 3 aromatic rings. The molecule has 2 aromatic carbocycles. The van der Waals surface area contributed by atoms with Gasteiger partial charge in [0.05, 0.1) is 13.2 Å². The topological polar surface area (TPSA) is 12.5 Å². The number of thiophene rings is 1. The van der Waals surface area contributed by atoms with Crippen LogP contribution in [0.2, 0.25) is 0 Å². The minimum atomic E-state index is 0.711. The molecule has 0 saturated carbocycles. The van der Waals surface area contributed by atoms with Crippen molar-refractivity contribution in [1.82, 2.24) is 4.90 Å². The van der Waals surface area contributed by atoms with Gasteiger partial charge in [-0.2, -0.15) is 0 Å². The van der Waals surface area contributed by atoms with Crippen molar-refractivity contribution in [1.29, 1.82) is 0 Å². The molecule has 0 radical (unpaired) electrons. The molecule has 27 heavy (non-hydrogen) atoms. The second-order valence-electron chi connectivity index (χ2n) is 7.15. The molecule has 0 spiro atoms. The summed E-state index contributed by atoms with van der Waals surface area (Å²) in [6.45, 7) is 5.08. The molecule has 5 rings (SSSR count). The molecule has 1 aromatic heterocycles. The van der Waals surface area contributed by atoms with Gasteiger partial charge in [0.1, 0.15) is 0 Å². The lowest BCUT2D eigenvalue weighted by Gasteiger charge is -2.13. The van der Waals surface area contributed by atoms with Crippen molar-refractivity contribution >= 4 is 23.1 Å². The summed E-state index contributed by atoms with van der Waals surface area (Å²) in [5, 5.41) is 0. The highest BCUT2D eigenvalue weighted by atomic mass is 32.2. The van der Waals surface area contributed by atoms with Gasteiger partial charge in [-0.3, -0.25) is 0 Å². The van der Waals surface area contributed by atoms with Crippen LogP contribution in [0.15, 0.2) is 64.4 Å². The van der Waals surface area contributed by atoms with Crippen molar-refractivity contribution in [2.24, 2.45) is 0 Å². The molecule has 2 nitrogen and oxygen atoms in total. The maximum Gasteiger partial charge on any atom is 0.0810 e. The van der Waals surface area contributed by atoms with E-state index in [1.54, 1.807) is 0 Å². The van der Waals surface area contributed by atoms with Crippen molar-refractivity contribution in [3.8, 4) is 21.6 Å². The lowest BCUT2D eigenvalue weighted by molar-refractivity contribution is 0.101. The van der Waals surface area contributed by atoms with E-state index < -0.39 is 0 Å². The highest BCUT2D eigenvalue weighted by molar-refractivity contribution is 7.99. The van der Waals surface area contributed by atoms with Gasteiger partial charge in [-0.25, -0.2) is 0 Å². The summed E-state index contributed by atoms with van der Waals surface area (Å²) in [5.74, 6) is 0. The third-order valence-electron chi connectivity index (χ3n) is 5.31. The summed E-state index contributed by atoms with van der Waals surface area (Å²) in [6, 6.07) is 19.9. The molecule has 0 unspecified atom stereocenters. The number of fused-ring (bicyclic) bond motifs is 5. The molecular weight excluding hydrogens is 370 g/mol. The number of ether oxygens (including phenoxy) is 1. The van der Waals surface area contributed by atoms with Gasteiger partial charge in [0.15, 0.2) is 0 Å². The van der Waals surface area contributed by atoms with Crippen LogP contribution in [0.4, 0.5) is 0 Å². The van der Waals surface area contributed by atoms with Crippen LogP contribution in [0.25, 0.3) is 21.6 Å². The SMILES string of the molecule is c1ccc2c(c1)Sc1ccccc1-c1sc(COCCN3CCCC3)cc1-2. The Labute approximate surface area is 169 Å². The van der Waals surface area contributed by atoms with Crippen molar-refractivity contribution in [2.45, 2.75) is 29.2 Å². The van der Waals surface area contributed by atoms with Crippen LogP contribution in [0, 0.1) is 0 Å². The van der Waals surface area contributed by atoms with Gasteiger partial charge in [-0.1, -0.05) is 48.2 Å². The molecular formula is C23H23NOS2. The van der Waals surface area contributed by atoms with E-state index in [1.165, 1.54) is 62.2 Å². The van der Waals surface area contributed by atoms with Crippen molar-refractivity contribution < 1.29 is 4.74 Å². The molecule has 2 aliphatic rings. The first-order valence-electron chi connectivity index (χ1n) is 9.68. The van der Waals surface area contributed by atoms with Crippen LogP contribution < -0.4 is 0 Å². The number of likely N-dealkylation sites (tertiary alicyclic amines) is 1. The molecule has 138 valence electrons. The molecule has 0 N–H and O–H groups in total. The Morgan fingerprint density at radius 2 is 1.56 bits per heavy atom. The summed E-state index contributed by atoms with van der Waals surface area (Å²) < 4.78 is 6.03. The maximum absolute atomic E-state index is 6.03. The van der Waals surface area contributed by atoms with E-state index in [0.717, 1.165) is 13.2 Å². The minimum Gasteiger partial charge on any atom is -0.375 e. The Kier molecular flexibility index (Phi) is 5.06. The van der Waals surface area contributed by atoms with Crippen LogP contribution in [0.5, 0.6) is 0 Å².